The van der Waals surface area contributed by atoms with Crippen LogP contribution in [0.1, 0.15) is 11.1 Å². The van der Waals surface area contributed by atoms with Crippen molar-refractivity contribution in [3.8, 4) is 22.8 Å². The number of fused-ring (bicyclic) bond motifs is 1. The molecule has 36 heavy (non-hydrogen) atoms. The number of thioether (sulfide) groups is 1. The molecule has 0 aliphatic carbocycles. The molecule has 1 amide bonds. The van der Waals surface area contributed by atoms with Crippen LogP contribution in [-0.4, -0.2) is 44.7 Å². The molecular formula is C27H24N6O2S. The first-order valence-electron chi connectivity index (χ1n) is 11.3. The van der Waals surface area contributed by atoms with E-state index in [2.05, 4.69) is 25.7 Å². The second kappa shape index (κ2) is 10.5. The number of amides is 1. The Balaban J connectivity index is 1.32. The quantitative estimate of drug-likeness (QED) is 0.180. The monoisotopic (exact) mass is 496 g/mol. The molecule has 0 saturated carbocycles. The summed E-state index contributed by atoms with van der Waals surface area (Å²) in [7, 11) is 1.63. The first-order chi connectivity index (χ1) is 17.6. The summed E-state index contributed by atoms with van der Waals surface area (Å²) >= 11 is 1.30. The number of hydrazone groups is 1. The lowest BCUT2D eigenvalue weighted by Crippen LogP contribution is -2.20. The van der Waals surface area contributed by atoms with Crippen molar-refractivity contribution in [2.75, 3.05) is 12.9 Å². The summed E-state index contributed by atoms with van der Waals surface area (Å²) in [5, 5.41) is 14.6. The Morgan fingerprint density at radius 1 is 1.08 bits per heavy atom. The molecule has 2 aromatic heterocycles. The van der Waals surface area contributed by atoms with E-state index < -0.39 is 0 Å². The fourth-order valence-corrected chi connectivity index (χ4v) is 4.50. The minimum absolute atomic E-state index is 0.137. The van der Waals surface area contributed by atoms with Gasteiger partial charge >= 0.3 is 0 Å². The van der Waals surface area contributed by atoms with Gasteiger partial charge in [0.25, 0.3) is 5.91 Å². The predicted molar refractivity (Wildman–Crippen MR) is 143 cm³/mol. The molecular weight excluding hydrogens is 472 g/mol. The van der Waals surface area contributed by atoms with E-state index in [1.54, 1.807) is 13.3 Å². The average molecular weight is 497 g/mol. The molecule has 0 aliphatic heterocycles. The van der Waals surface area contributed by atoms with E-state index in [1.165, 1.54) is 11.8 Å². The Kier molecular flexibility index (Phi) is 6.81. The van der Waals surface area contributed by atoms with Crippen LogP contribution in [0.15, 0.2) is 89.3 Å². The van der Waals surface area contributed by atoms with Gasteiger partial charge in [-0.05, 0) is 49.4 Å². The van der Waals surface area contributed by atoms with Gasteiger partial charge in [-0.1, -0.05) is 47.7 Å². The highest BCUT2D eigenvalue weighted by molar-refractivity contribution is 7.99. The third-order valence-electron chi connectivity index (χ3n) is 5.62. The van der Waals surface area contributed by atoms with Gasteiger partial charge in [-0.15, -0.1) is 10.2 Å². The largest absolute Gasteiger partial charge is 0.497 e. The summed E-state index contributed by atoms with van der Waals surface area (Å²) in [5.74, 6) is 1.35. The smallest absolute Gasteiger partial charge is 0.250 e. The molecule has 0 unspecified atom stereocenters. The topological polar surface area (TPSA) is 97.2 Å². The minimum atomic E-state index is -0.236. The van der Waals surface area contributed by atoms with Gasteiger partial charge in [-0.25, -0.2) is 5.43 Å². The molecule has 0 aliphatic rings. The third-order valence-corrected chi connectivity index (χ3v) is 6.55. The number of hydrogen-bond acceptors (Lipinski definition) is 6. The van der Waals surface area contributed by atoms with Crippen LogP contribution in [0.5, 0.6) is 5.75 Å². The second-order valence-electron chi connectivity index (χ2n) is 8.08. The van der Waals surface area contributed by atoms with E-state index in [4.69, 9.17) is 4.74 Å². The van der Waals surface area contributed by atoms with Crippen molar-refractivity contribution in [1.29, 1.82) is 0 Å². The summed E-state index contributed by atoms with van der Waals surface area (Å²) in [6.45, 7) is 2.04. The van der Waals surface area contributed by atoms with Gasteiger partial charge in [-0.2, -0.15) is 5.10 Å². The first kappa shape index (κ1) is 23.4. The number of nitrogens with one attached hydrogen (secondary N) is 2. The van der Waals surface area contributed by atoms with E-state index in [1.807, 2.05) is 90.5 Å². The number of carbonyl (C=O) groups excluding carboxylic acids is 1. The number of aromatic nitrogens is 4. The van der Waals surface area contributed by atoms with E-state index in [0.29, 0.717) is 11.0 Å². The number of rotatable bonds is 8. The Morgan fingerprint density at radius 3 is 2.64 bits per heavy atom. The van der Waals surface area contributed by atoms with Crippen molar-refractivity contribution in [3.05, 3.63) is 90.1 Å². The Labute approximate surface area is 212 Å². The molecule has 0 spiro atoms. The highest BCUT2D eigenvalue weighted by atomic mass is 32.2. The van der Waals surface area contributed by atoms with E-state index in [9.17, 15) is 4.79 Å². The summed E-state index contributed by atoms with van der Waals surface area (Å²) in [6, 6.07) is 23.7. The van der Waals surface area contributed by atoms with Crippen LogP contribution < -0.4 is 10.2 Å². The number of nitrogens with zero attached hydrogens (tertiary/aromatic N) is 4. The van der Waals surface area contributed by atoms with Crippen LogP contribution in [0.2, 0.25) is 0 Å². The molecule has 2 heterocycles. The second-order valence-corrected chi connectivity index (χ2v) is 9.02. The number of ether oxygens (including phenoxy) is 1. The van der Waals surface area contributed by atoms with Gasteiger partial charge in [0.05, 0.1) is 19.1 Å². The Bertz CT molecular complexity index is 1520. The normalized spacial score (nSPS) is 11.3. The number of methoxy groups -OCH3 is 1. The number of hydrogen-bond donors (Lipinski definition) is 2. The Hall–Kier alpha value is -4.37. The lowest BCUT2D eigenvalue weighted by molar-refractivity contribution is -0.118. The molecule has 0 fully saturated rings. The molecule has 0 atom stereocenters. The third kappa shape index (κ3) is 5.01. The van der Waals surface area contributed by atoms with Crippen LogP contribution in [0, 0.1) is 6.92 Å². The fraction of sp³-hybridized carbons (Fsp3) is 0.111. The van der Waals surface area contributed by atoms with E-state index >= 15 is 0 Å². The zero-order valence-corrected chi connectivity index (χ0v) is 20.6. The number of carbonyl (C=O) groups is 1. The highest BCUT2D eigenvalue weighted by Crippen LogP contribution is 2.29. The SMILES string of the molecule is COc1ccc(-c2nnc(SCC(=O)N/N=C\c3c[nH]c4ccccc34)n2-c2ccc(C)cc2)cc1. The van der Waals surface area contributed by atoms with Crippen molar-refractivity contribution in [2.45, 2.75) is 12.1 Å². The highest BCUT2D eigenvalue weighted by Gasteiger charge is 2.17. The van der Waals surface area contributed by atoms with Crippen LogP contribution >= 0.6 is 11.8 Å². The van der Waals surface area contributed by atoms with E-state index in [0.717, 1.165) is 39.0 Å². The van der Waals surface area contributed by atoms with Gasteiger partial charge in [-0.3, -0.25) is 9.36 Å². The molecule has 3 aromatic carbocycles. The molecule has 5 rings (SSSR count). The van der Waals surface area contributed by atoms with E-state index in [-0.39, 0.29) is 11.7 Å². The predicted octanol–water partition coefficient (Wildman–Crippen LogP) is 4.98. The van der Waals surface area contributed by atoms with Crippen molar-refractivity contribution in [3.63, 3.8) is 0 Å². The zero-order valence-electron chi connectivity index (χ0n) is 19.8. The molecule has 2 N–H and O–H groups in total. The maximum Gasteiger partial charge on any atom is 0.250 e. The van der Waals surface area contributed by atoms with Crippen molar-refractivity contribution >= 4 is 34.8 Å². The van der Waals surface area contributed by atoms with Crippen molar-refractivity contribution in [2.24, 2.45) is 5.10 Å². The van der Waals surface area contributed by atoms with Crippen LogP contribution in [-0.2, 0) is 4.79 Å². The van der Waals surface area contributed by atoms with Gasteiger partial charge in [0, 0.05) is 33.9 Å². The van der Waals surface area contributed by atoms with Gasteiger partial charge in [0.1, 0.15) is 5.75 Å². The first-order valence-corrected chi connectivity index (χ1v) is 12.3. The van der Waals surface area contributed by atoms with Gasteiger partial charge in [0.15, 0.2) is 11.0 Å². The lowest BCUT2D eigenvalue weighted by atomic mass is 10.2. The summed E-state index contributed by atoms with van der Waals surface area (Å²) in [4.78, 5) is 15.7. The number of aryl methyl sites for hydroxylation is 1. The summed E-state index contributed by atoms with van der Waals surface area (Å²) < 4.78 is 7.23. The van der Waals surface area contributed by atoms with Crippen molar-refractivity contribution < 1.29 is 9.53 Å². The summed E-state index contributed by atoms with van der Waals surface area (Å²) in [5.41, 5.74) is 7.48. The molecule has 0 saturated heterocycles. The maximum atomic E-state index is 12.5. The number of H-pyrrole nitrogens is 1. The number of para-hydroxylation sites is 1. The molecule has 8 nitrogen and oxygen atoms in total. The fourth-order valence-electron chi connectivity index (χ4n) is 3.75. The van der Waals surface area contributed by atoms with Gasteiger partial charge < -0.3 is 9.72 Å². The van der Waals surface area contributed by atoms with Crippen LogP contribution in [0.3, 0.4) is 0 Å². The molecule has 0 bridgehead atoms. The summed E-state index contributed by atoms with van der Waals surface area (Å²) in [6.07, 6.45) is 3.50. The minimum Gasteiger partial charge on any atom is -0.497 e. The molecule has 180 valence electrons. The average Bonchev–Trinajstić information content (AvgIpc) is 3.52. The van der Waals surface area contributed by atoms with Gasteiger partial charge in [0.2, 0.25) is 0 Å². The Morgan fingerprint density at radius 2 is 1.86 bits per heavy atom. The lowest BCUT2D eigenvalue weighted by Gasteiger charge is -2.11. The maximum absolute atomic E-state index is 12.5. The molecule has 9 heteroatoms. The van der Waals surface area contributed by atoms with Crippen LogP contribution in [0.4, 0.5) is 0 Å². The van der Waals surface area contributed by atoms with Crippen molar-refractivity contribution in [1.82, 2.24) is 25.2 Å². The standard InChI is InChI=1S/C27H24N6O2S/c1-18-7-11-21(12-8-18)33-26(19-9-13-22(35-2)14-10-19)31-32-27(33)36-17-25(34)30-29-16-20-15-28-24-6-4-3-5-23(20)24/h3-16,28H,17H2,1-2H3,(H,30,34)/b29-16-. The number of benzene rings is 3. The number of aromatic amines is 1. The molecule has 5 aromatic rings. The zero-order chi connectivity index (χ0) is 24.9. The molecule has 0 radical (unpaired) electrons. The van der Waals surface area contributed by atoms with Crippen LogP contribution in [0.25, 0.3) is 28.0 Å².